The first-order valence-corrected chi connectivity index (χ1v) is 11.0. The monoisotopic (exact) mass is 630 g/mol. The van der Waals surface area contributed by atoms with E-state index in [1.54, 1.807) is 19.1 Å². The Kier molecular flexibility index (Phi) is 9.72. The van der Waals surface area contributed by atoms with E-state index >= 15 is 0 Å². The number of halogens is 2. The summed E-state index contributed by atoms with van der Waals surface area (Å²) in [5, 5.41) is 27.5. The van der Waals surface area contributed by atoms with E-state index in [-0.39, 0.29) is 22.9 Å². The molecule has 0 bridgehead atoms. The van der Waals surface area contributed by atoms with Crippen molar-refractivity contribution in [2.24, 2.45) is 0 Å². The second kappa shape index (κ2) is 11.3. The number of ketones is 2. The summed E-state index contributed by atoms with van der Waals surface area (Å²) < 4.78 is 6.60. The molecule has 0 heterocycles. The Morgan fingerprint density at radius 2 is 1.40 bits per heavy atom. The van der Waals surface area contributed by atoms with Crippen LogP contribution in [0.2, 0.25) is 0 Å². The van der Waals surface area contributed by atoms with Crippen LogP contribution in [0.5, 0.6) is 11.5 Å². The van der Waals surface area contributed by atoms with Gasteiger partial charge < -0.3 is 9.84 Å². The molecule has 0 radical (unpaired) electrons. The smallest absolute Gasteiger partial charge is 0.163 e. The SMILES string of the molecule is CC(=O)c1cc(C)c(C#N)c(I)c1O.CCOc1c(C(C)=O)cc(C)c(C#N)c1I. The van der Waals surface area contributed by atoms with Crippen LogP contribution >= 0.6 is 45.2 Å². The van der Waals surface area contributed by atoms with Gasteiger partial charge in [-0.25, -0.2) is 0 Å². The molecule has 0 fully saturated rings. The fourth-order valence-corrected chi connectivity index (χ4v) is 4.44. The minimum atomic E-state index is -0.201. The van der Waals surface area contributed by atoms with Crippen LogP contribution in [0.3, 0.4) is 0 Å². The summed E-state index contributed by atoms with van der Waals surface area (Å²) in [6, 6.07) is 7.38. The first-order valence-electron chi connectivity index (χ1n) is 8.81. The van der Waals surface area contributed by atoms with Gasteiger partial charge >= 0.3 is 0 Å². The summed E-state index contributed by atoms with van der Waals surface area (Å²) in [5.74, 6) is 0.181. The van der Waals surface area contributed by atoms with Gasteiger partial charge in [-0.2, -0.15) is 10.5 Å². The van der Waals surface area contributed by atoms with Gasteiger partial charge in [0, 0.05) is 0 Å². The molecule has 0 aliphatic heterocycles. The maximum absolute atomic E-state index is 11.5. The van der Waals surface area contributed by atoms with Crippen LogP contribution in [0.4, 0.5) is 0 Å². The number of rotatable bonds is 4. The van der Waals surface area contributed by atoms with Crippen LogP contribution in [-0.4, -0.2) is 23.3 Å². The van der Waals surface area contributed by atoms with E-state index in [1.807, 2.05) is 65.1 Å². The van der Waals surface area contributed by atoms with Gasteiger partial charge in [0.15, 0.2) is 11.6 Å². The second-order valence-corrected chi connectivity index (χ2v) is 8.46. The lowest BCUT2D eigenvalue weighted by Crippen LogP contribution is -2.05. The third-order valence-corrected chi connectivity index (χ3v) is 6.21. The quantitative estimate of drug-likeness (QED) is 0.356. The summed E-state index contributed by atoms with van der Waals surface area (Å²) in [6.07, 6.45) is 0. The predicted octanol–water partition coefficient (Wildman–Crippen LogP) is 5.45. The Balaban J connectivity index is 0.000000303. The average molecular weight is 630 g/mol. The molecule has 0 saturated carbocycles. The molecule has 0 atom stereocenters. The van der Waals surface area contributed by atoms with Gasteiger partial charge in [-0.05, 0) is 103 Å². The van der Waals surface area contributed by atoms with E-state index in [0.717, 1.165) is 5.56 Å². The molecule has 0 aliphatic rings. The third kappa shape index (κ3) is 5.70. The predicted molar refractivity (Wildman–Crippen MR) is 130 cm³/mol. The lowest BCUT2D eigenvalue weighted by molar-refractivity contribution is 0.100. The Morgan fingerprint density at radius 3 is 1.80 bits per heavy atom. The fraction of sp³-hybridized carbons (Fsp3) is 0.273. The van der Waals surface area contributed by atoms with Crippen molar-refractivity contribution in [2.45, 2.75) is 34.6 Å². The van der Waals surface area contributed by atoms with E-state index in [4.69, 9.17) is 15.3 Å². The lowest BCUT2D eigenvalue weighted by atomic mass is 10.0. The Labute approximate surface area is 203 Å². The van der Waals surface area contributed by atoms with Crippen LogP contribution in [-0.2, 0) is 0 Å². The Hall–Kier alpha value is -2.18. The van der Waals surface area contributed by atoms with E-state index < -0.39 is 0 Å². The number of Topliss-reactive ketones (excluding diaryl/α,β-unsaturated/α-hetero) is 2. The largest absolute Gasteiger partial charge is 0.506 e. The maximum atomic E-state index is 11.5. The molecule has 0 amide bonds. The molecule has 0 spiro atoms. The zero-order valence-corrected chi connectivity index (χ0v) is 21.5. The second-order valence-electron chi connectivity index (χ2n) is 6.31. The van der Waals surface area contributed by atoms with Crippen LogP contribution < -0.4 is 4.74 Å². The number of nitrogens with zero attached hydrogens (tertiary/aromatic N) is 2. The average Bonchev–Trinajstić information content (AvgIpc) is 2.67. The number of phenolic OH excluding ortho intramolecular Hbond substituents is 1. The van der Waals surface area contributed by atoms with Gasteiger partial charge in [-0.15, -0.1) is 0 Å². The molecule has 0 saturated heterocycles. The van der Waals surface area contributed by atoms with Crippen molar-refractivity contribution < 1.29 is 19.4 Å². The molecule has 156 valence electrons. The number of benzene rings is 2. The number of carbonyl (C=O) groups excluding carboxylic acids is 2. The highest BCUT2D eigenvalue weighted by Crippen LogP contribution is 2.32. The Morgan fingerprint density at radius 1 is 0.967 bits per heavy atom. The topological polar surface area (TPSA) is 111 Å². The van der Waals surface area contributed by atoms with Crippen LogP contribution in [0.25, 0.3) is 0 Å². The zero-order chi connectivity index (χ0) is 23.2. The van der Waals surface area contributed by atoms with Gasteiger partial charge in [-0.1, -0.05) is 0 Å². The number of phenols is 1. The van der Waals surface area contributed by atoms with E-state index in [9.17, 15) is 14.7 Å². The number of aryl methyl sites for hydroxylation is 2. The Bertz CT molecular complexity index is 1100. The highest BCUT2D eigenvalue weighted by molar-refractivity contribution is 14.1. The molecule has 0 aromatic heterocycles. The van der Waals surface area contributed by atoms with Crippen molar-refractivity contribution in [3.05, 3.63) is 52.7 Å². The minimum Gasteiger partial charge on any atom is -0.506 e. The van der Waals surface area contributed by atoms with E-state index in [0.29, 0.717) is 41.8 Å². The fourth-order valence-electron chi connectivity index (χ4n) is 2.62. The molecule has 8 heteroatoms. The first-order chi connectivity index (χ1) is 14.0. The molecule has 0 aliphatic carbocycles. The number of hydrogen-bond donors (Lipinski definition) is 1. The minimum absolute atomic E-state index is 0.0473. The van der Waals surface area contributed by atoms with Crippen molar-refractivity contribution >= 4 is 56.7 Å². The molecule has 2 aromatic carbocycles. The maximum Gasteiger partial charge on any atom is 0.163 e. The molecule has 0 unspecified atom stereocenters. The molecule has 6 nitrogen and oxygen atoms in total. The molecular weight excluding hydrogens is 610 g/mol. The van der Waals surface area contributed by atoms with Crippen molar-refractivity contribution in [1.82, 2.24) is 0 Å². The standard InChI is InChI=1S/C12H12INO2.C10H8INO2/c1-4-16-12-9(8(3)15)5-7(2)10(6-14)11(12)13;1-5-3-7(6(2)13)10(14)9(11)8(5)4-12/h5H,4H2,1-3H3;3,14H,1-2H3. The summed E-state index contributed by atoms with van der Waals surface area (Å²) in [4.78, 5) is 22.6. The molecular formula is C22H20I2N2O4. The molecule has 2 rings (SSSR count). The van der Waals surface area contributed by atoms with Gasteiger partial charge in [-0.3, -0.25) is 9.59 Å². The molecule has 1 N–H and O–H groups in total. The van der Waals surface area contributed by atoms with Crippen LogP contribution in [0.15, 0.2) is 12.1 Å². The van der Waals surface area contributed by atoms with E-state index in [2.05, 4.69) is 6.07 Å². The van der Waals surface area contributed by atoms with Crippen LogP contribution in [0, 0.1) is 43.7 Å². The van der Waals surface area contributed by atoms with Crippen LogP contribution in [0.1, 0.15) is 63.7 Å². The summed E-state index contributed by atoms with van der Waals surface area (Å²) in [6.45, 7) is 8.78. The number of ether oxygens (including phenoxy) is 1. The number of nitriles is 2. The summed E-state index contributed by atoms with van der Waals surface area (Å²) >= 11 is 3.91. The van der Waals surface area contributed by atoms with Crippen molar-refractivity contribution in [1.29, 1.82) is 10.5 Å². The van der Waals surface area contributed by atoms with Crippen molar-refractivity contribution in [3.8, 4) is 23.6 Å². The zero-order valence-electron chi connectivity index (χ0n) is 17.2. The van der Waals surface area contributed by atoms with Gasteiger partial charge in [0.2, 0.25) is 0 Å². The highest BCUT2D eigenvalue weighted by atomic mass is 127. The summed E-state index contributed by atoms with van der Waals surface area (Å²) in [5.41, 5.74) is 3.33. The van der Waals surface area contributed by atoms with Gasteiger partial charge in [0.25, 0.3) is 0 Å². The van der Waals surface area contributed by atoms with Crippen molar-refractivity contribution in [3.63, 3.8) is 0 Å². The van der Waals surface area contributed by atoms with Gasteiger partial charge in [0.1, 0.15) is 23.6 Å². The molecule has 2 aromatic rings. The van der Waals surface area contributed by atoms with E-state index in [1.165, 1.54) is 13.8 Å². The first kappa shape index (κ1) is 25.9. The van der Waals surface area contributed by atoms with Gasteiger partial charge in [0.05, 0.1) is 36.0 Å². The highest BCUT2D eigenvalue weighted by Gasteiger charge is 2.18. The normalized spacial score (nSPS) is 9.63. The lowest BCUT2D eigenvalue weighted by Gasteiger charge is -2.13. The van der Waals surface area contributed by atoms with Crippen molar-refractivity contribution in [2.75, 3.05) is 6.61 Å². The summed E-state index contributed by atoms with van der Waals surface area (Å²) in [7, 11) is 0. The number of hydrogen-bond acceptors (Lipinski definition) is 6. The number of aromatic hydroxyl groups is 1. The number of carbonyl (C=O) groups is 2. The third-order valence-electron chi connectivity index (χ3n) is 4.13. The molecule has 30 heavy (non-hydrogen) atoms.